The minimum atomic E-state index is -1.03. The molecule has 3 saturated carbocycles. The molecule has 0 radical (unpaired) electrons. The third-order valence-electron chi connectivity index (χ3n) is 9.15. The molecular weight excluding hydrogens is 408 g/mol. The number of fused-ring (bicyclic) bond motifs is 2. The van der Waals surface area contributed by atoms with Crippen LogP contribution in [0.5, 0.6) is 0 Å². The Bertz CT molecular complexity index is 714. The minimum Gasteiger partial charge on any atom is -0.453 e. The van der Waals surface area contributed by atoms with E-state index in [-0.39, 0.29) is 42.0 Å². The quantitative estimate of drug-likeness (QED) is 0.526. The van der Waals surface area contributed by atoms with Crippen molar-refractivity contribution in [2.24, 2.45) is 23.7 Å². The molecule has 0 aromatic heterocycles. The van der Waals surface area contributed by atoms with Gasteiger partial charge in [0.1, 0.15) is 12.0 Å². The fourth-order valence-corrected chi connectivity index (χ4v) is 7.58. The summed E-state index contributed by atoms with van der Waals surface area (Å²) in [5.74, 6) is 0.865. The average Bonchev–Trinajstić information content (AvgIpc) is 3.32. The van der Waals surface area contributed by atoms with E-state index in [0.29, 0.717) is 5.92 Å². The maximum Gasteiger partial charge on any atom is 0.409 e. The third kappa shape index (κ3) is 3.92. The van der Waals surface area contributed by atoms with Crippen LogP contribution in [0.3, 0.4) is 0 Å². The monoisotopic (exact) mass is 448 g/mol. The zero-order valence-corrected chi connectivity index (χ0v) is 19.4. The summed E-state index contributed by atoms with van der Waals surface area (Å²) in [7, 11) is 1.36. The molecule has 7 unspecified atom stereocenters. The molecule has 2 heterocycles. The van der Waals surface area contributed by atoms with E-state index >= 15 is 0 Å². The number of nitrogens with one attached hydrogen (secondary N) is 3. The molecule has 0 spiro atoms. The maximum absolute atomic E-state index is 13.6. The Morgan fingerprint density at radius 3 is 2.56 bits per heavy atom. The SMILES string of the molecule is COC(=O)NC1NC2CCC(C3(O)C4CCCCC4C(=O)N3CC3CCCCC3)CC2N1. The highest BCUT2D eigenvalue weighted by Crippen LogP contribution is 2.53. The van der Waals surface area contributed by atoms with E-state index in [0.717, 1.165) is 51.5 Å². The van der Waals surface area contributed by atoms with E-state index in [9.17, 15) is 14.7 Å². The highest BCUT2D eigenvalue weighted by Gasteiger charge is 2.62. The first kappa shape index (κ1) is 22.4. The summed E-state index contributed by atoms with van der Waals surface area (Å²) in [4.78, 5) is 27.2. The molecule has 5 fully saturated rings. The number of likely N-dealkylation sites (tertiary alicyclic amines) is 1. The van der Waals surface area contributed by atoms with Crippen molar-refractivity contribution in [3.63, 3.8) is 0 Å². The molecule has 5 aliphatic rings. The van der Waals surface area contributed by atoms with Crippen LogP contribution in [0, 0.1) is 23.7 Å². The average molecular weight is 449 g/mol. The maximum atomic E-state index is 13.6. The molecule has 5 rings (SSSR count). The van der Waals surface area contributed by atoms with Gasteiger partial charge in [0.25, 0.3) is 0 Å². The van der Waals surface area contributed by atoms with Gasteiger partial charge in [-0.3, -0.25) is 20.7 Å². The summed E-state index contributed by atoms with van der Waals surface area (Å²) < 4.78 is 4.73. The molecule has 0 bridgehead atoms. The van der Waals surface area contributed by atoms with E-state index < -0.39 is 11.8 Å². The second-order valence-corrected chi connectivity index (χ2v) is 10.9. The van der Waals surface area contributed by atoms with Gasteiger partial charge in [-0.2, -0.15) is 0 Å². The molecule has 0 aromatic carbocycles. The van der Waals surface area contributed by atoms with Crippen LogP contribution in [-0.2, 0) is 9.53 Å². The number of ether oxygens (including phenoxy) is 1. The van der Waals surface area contributed by atoms with Crippen LogP contribution in [0.15, 0.2) is 0 Å². The number of alkyl carbamates (subject to hydrolysis) is 1. The van der Waals surface area contributed by atoms with Crippen LogP contribution in [0.25, 0.3) is 0 Å². The van der Waals surface area contributed by atoms with Crippen molar-refractivity contribution in [3.05, 3.63) is 0 Å². The van der Waals surface area contributed by atoms with Crippen molar-refractivity contribution in [1.29, 1.82) is 0 Å². The standard InChI is InChI=1S/C24H40N4O4/c1-32-23(30)27-22-25-19-12-11-16(13-20(19)26-22)24(31)18-10-6-5-9-17(18)21(29)28(24)14-15-7-3-2-4-8-15/h15-20,22,25-26,31H,2-14H2,1H3,(H,27,30). The van der Waals surface area contributed by atoms with Gasteiger partial charge < -0.3 is 14.7 Å². The van der Waals surface area contributed by atoms with E-state index in [4.69, 9.17) is 4.74 Å². The number of hydrogen-bond acceptors (Lipinski definition) is 6. The molecule has 8 nitrogen and oxygen atoms in total. The van der Waals surface area contributed by atoms with Gasteiger partial charge in [-0.05, 0) is 50.9 Å². The molecule has 3 aliphatic carbocycles. The van der Waals surface area contributed by atoms with E-state index in [1.54, 1.807) is 0 Å². The van der Waals surface area contributed by atoms with Crippen LogP contribution in [-0.4, -0.2) is 59.8 Å². The van der Waals surface area contributed by atoms with E-state index in [2.05, 4.69) is 16.0 Å². The van der Waals surface area contributed by atoms with Crippen molar-refractivity contribution in [2.75, 3.05) is 13.7 Å². The lowest BCUT2D eigenvalue weighted by Gasteiger charge is -2.48. The van der Waals surface area contributed by atoms with Gasteiger partial charge in [0.15, 0.2) is 0 Å². The summed E-state index contributed by atoms with van der Waals surface area (Å²) in [5.41, 5.74) is -1.03. The van der Waals surface area contributed by atoms with Gasteiger partial charge in [0, 0.05) is 36.4 Å². The lowest BCUT2D eigenvalue weighted by Crippen LogP contribution is -2.59. The smallest absolute Gasteiger partial charge is 0.409 e. The lowest BCUT2D eigenvalue weighted by molar-refractivity contribution is -0.180. The van der Waals surface area contributed by atoms with Gasteiger partial charge in [-0.1, -0.05) is 32.1 Å². The number of nitrogens with zero attached hydrogens (tertiary/aromatic N) is 1. The number of methoxy groups -OCH3 is 1. The molecule has 180 valence electrons. The van der Waals surface area contributed by atoms with Crippen LogP contribution in [0.4, 0.5) is 4.79 Å². The number of rotatable bonds is 4. The predicted octanol–water partition coefficient (Wildman–Crippen LogP) is 2.27. The van der Waals surface area contributed by atoms with Crippen LogP contribution < -0.4 is 16.0 Å². The summed E-state index contributed by atoms with van der Waals surface area (Å²) >= 11 is 0. The van der Waals surface area contributed by atoms with Gasteiger partial charge in [0.2, 0.25) is 5.91 Å². The Hall–Kier alpha value is -1.38. The molecule has 8 heteroatoms. The van der Waals surface area contributed by atoms with Crippen LogP contribution in [0.2, 0.25) is 0 Å². The van der Waals surface area contributed by atoms with E-state index in [1.807, 2.05) is 4.90 Å². The van der Waals surface area contributed by atoms with Gasteiger partial charge in [0.05, 0.1) is 7.11 Å². The first-order valence-corrected chi connectivity index (χ1v) is 12.9. The fourth-order valence-electron chi connectivity index (χ4n) is 7.58. The Labute approximate surface area is 191 Å². The molecule has 4 N–H and O–H groups in total. The number of carbonyl (C=O) groups excluding carboxylic acids is 2. The minimum absolute atomic E-state index is 0.00142. The Balaban J connectivity index is 1.34. The zero-order chi connectivity index (χ0) is 22.3. The Kier molecular flexibility index (Phi) is 6.38. The molecule has 2 saturated heterocycles. The molecule has 2 aliphatic heterocycles. The summed E-state index contributed by atoms with van der Waals surface area (Å²) in [6, 6.07) is 0.414. The third-order valence-corrected chi connectivity index (χ3v) is 9.15. The van der Waals surface area contributed by atoms with Crippen LogP contribution in [0.1, 0.15) is 77.0 Å². The normalized spacial score (nSPS) is 42.4. The largest absolute Gasteiger partial charge is 0.453 e. The Morgan fingerprint density at radius 1 is 1.06 bits per heavy atom. The number of carbonyl (C=O) groups is 2. The van der Waals surface area contributed by atoms with Crippen LogP contribution >= 0.6 is 0 Å². The number of aliphatic hydroxyl groups is 1. The van der Waals surface area contributed by atoms with Crippen molar-refractivity contribution >= 4 is 12.0 Å². The van der Waals surface area contributed by atoms with Crippen molar-refractivity contribution in [2.45, 2.75) is 101 Å². The topological polar surface area (TPSA) is 103 Å². The predicted molar refractivity (Wildman–Crippen MR) is 119 cm³/mol. The Morgan fingerprint density at radius 2 is 1.78 bits per heavy atom. The molecule has 7 atom stereocenters. The second kappa shape index (κ2) is 9.11. The summed E-state index contributed by atoms with van der Waals surface area (Å²) in [5, 5.41) is 22.1. The highest BCUT2D eigenvalue weighted by atomic mass is 16.5. The molecule has 32 heavy (non-hydrogen) atoms. The molecule has 0 aromatic rings. The summed E-state index contributed by atoms with van der Waals surface area (Å²) in [6.07, 6.45) is 12.1. The molecular formula is C24H40N4O4. The lowest BCUT2D eigenvalue weighted by atomic mass is 9.68. The second-order valence-electron chi connectivity index (χ2n) is 10.9. The van der Waals surface area contributed by atoms with E-state index in [1.165, 1.54) is 39.2 Å². The zero-order valence-electron chi connectivity index (χ0n) is 19.4. The summed E-state index contributed by atoms with van der Waals surface area (Å²) in [6.45, 7) is 0.727. The van der Waals surface area contributed by atoms with Crippen molar-refractivity contribution < 1.29 is 19.4 Å². The van der Waals surface area contributed by atoms with Gasteiger partial charge >= 0.3 is 6.09 Å². The first-order chi connectivity index (χ1) is 15.5. The van der Waals surface area contributed by atoms with Crippen molar-refractivity contribution in [1.82, 2.24) is 20.9 Å². The van der Waals surface area contributed by atoms with Gasteiger partial charge in [-0.15, -0.1) is 0 Å². The number of hydrogen-bond donors (Lipinski definition) is 4. The number of amides is 2. The molecule has 2 amide bonds. The van der Waals surface area contributed by atoms with Gasteiger partial charge in [-0.25, -0.2) is 4.79 Å². The highest BCUT2D eigenvalue weighted by molar-refractivity contribution is 5.83. The van der Waals surface area contributed by atoms with Crippen molar-refractivity contribution in [3.8, 4) is 0 Å². The fraction of sp³-hybridized carbons (Fsp3) is 0.917. The first-order valence-electron chi connectivity index (χ1n) is 12.9.